The minimum absolute atomic E-state index is 0.123. The topological polar surface area (TPSA) is 70.2 Å². The first kappa shape index (κ1) is 15.5. The van der Waals surface area contributed by atoms with E-state index in [-0.39, 0.29) is 5.91 Å². The lowest BCUT2D eigenvalue weighted by Crippen LogP contribution is -2.28. The van der Waals surface area contributed by atoms with Gasteiger partial charge in [0.25, 0.3) is 5.91 Å². The number of carbonyl (C=O) groups excluding carboxylic acids is 1. The van der Waals surface area contributed by atoms with Crippen LogP contribution in [0, 0.1) is 0 Å². The van der Waals surface area contributed by atoms with Crippen LogP contribution in [0.3, 0.4) is 0 Å². The Bertz CT molecular complexity index is 616. The van der Waals surface area contributed by atoms with E-state index in [1.807, 2.05) is 25.1 Å². The highest BCUT2D eigenvalue weighted by molar-refractivity contribution is 7.17. The fraction of sp³-hybridized carbons (Fsp3) is 0.308. The smallest absolute Gasteiger partial charge is 0.261 e. The van der Waals surface area contributed by atoms with Crippen LogP contribution < -0.4 is 15.5 Å². The van der Waals surface area contributed by atoms with Gasteiger partial charge in [0, 0.05) is 33.3 Å². The summed E-state index contributed by atoms with van der Waals surface area (Å²) in [6, 6.07) is 5.32. The molecule has 2 N–H and O–H groups in total. The van der Waals surface area contributed by atoms with Gasteiger partial charge in [-0.3, -0.25) is 4.79 Å². The van der Waals surface area contributed by atoms with Crippen LogP contribution in [-0.4, -0.2) is 43.3 Å². The van der Waals surface area contributed by atoms with Crippen molar-refractivity contribution in [2.75, 3.05) is 37.4 Å². The van der Waals surface area contributed by atoms with Crippen molar-refractivity contribution in [3.8, 4) is 0 Å². The van der Waals surface area contributed by atoms with Crippen molar-refractivity contribution in [3.63, 3.8) is 0 Å². The van der Waals surface area contributed by atoms with Gasteiger partial charge in [0.15, 0.2) is 5.82 Å². The average molecular weight is 326 g/mol. The van der Waals surface area contributed by atoms with Gasteiger partial charge >= 0.3 is 0 Å². The minimum atomic E-state index is -0.123. The largest absolute Gasteiger partial charge is 0.376 e. The van der Waals surface area contributed by atoms with E-state index < -0.39 is 0 Å². The molecule has 8 heteroatoms. The molecule has 0 aliphatic rings. The number of carbonyl (C=O) groups is 1. The Balaban J connectivity index is 1.77. The van der Waals surface area contributed by atoms with Gasteiger partial charge in [-0.25, -0.2) is 0 Å². The second kappa shape index (κ2) is 7.24. The van der Waals surface area contributed by atoms with Crippen molar-refractivity contribution in [1.29, 1.82) is 0 Å². The molecule has 0 atom stereocenters. The summed E-state index contributed by atoms with van der Waals surface area (Å²) in [5.41, 5.74) is 0.963. The molecular formula is C13H16ClN5OS. The highest BCUT2D eigenvalue weighted by atomic mass is 35.5. The zero-order chi connectivity index (χ0) is 15.2. The number of halogens is 1. The molecule has 0 radical (unpaired) electrons. The number of anilines is 2. The third-order valence-corrected chi connectivity index (χ3v) is 3.90. The van der Waals surface area contributed by atoms with E-state index in [2.05, 4.69) is 20.8 Å². The predicted molar refractivity (Wildman–Crippen MR) is 86.5 cm³/mol. The molecule has 0 saturated heterocycles. The average Bonchev–Trinajstić information content (AvgIpc) is 2.90. The molecule has 0 bridgehead atoms. The highest BCUT2D eigenvalue weighted by Crippen LogP contribution is 2.21. The third kappa shape index (κ3) is 4.57. The summed E-state index contributed by atoms with van der Waals surface area (Å²) in [4.78, 5) is 14.3. The second-order valence-corrected chi connectivity index (χ2v) is 6.19. The van der Waals surface area contributed by atoms with Crippen LogP contribution in [0.25, 0.3) is 0 Å². The Hall–Kier alpha value is -1.86. The van der Waals surface area contributed by atoms with Crippen molar-refractivity contribution < 1.29 is 4.79 Å². The molecule has 2 heterocycles. The molecule has 0 unspecified atom stereocenters. The summed E-state index contributed by atoms with van der Waals surface area (Å²) in [5, 5.41) is 13.8. The molecule has 1 amide bonds. The Labute approximate surface area is 132 Å². The number of nitrogens with zero attached hydrogens (tertiary/aromatic N) is 3. The highest BCUT2D eigenvalue weighted by Gasteiger charge is 2.07. The van der Waals surface area contributed by atoms with Crippen molar-refractivity contribution in [2.45, 2.75) is 0 Å². The molecule has 2 rings (SSSR count). The lowest BCUT2D eigenvalue weighted by Gasteiger charge is -2.12. The minimum Gasteiger partial charge on any atom is -0.376 e. The van der Waals surface area contributed by atoms with Gasteiger partial charge < -0.3 is 15.5 Å². The molecule has 112 valence electrons. The summed E-state index contributed by atoms with van der Waals surface area (Å²) in [5.74, 6) is 0.552. The van der Waals surface area contributed by atoms with Crippen molar-refractivity contribution in [3.05, 3.63) is 33.6 Å². The van der Waals surface area contributed by atoms with Gasteiger partial charge in [-0.2, -0.15) is 5.10 Å². The molecule has 0 aliphatic carbocycles. The Morgan fingerprint density at radius 1 is 1.38 bits per heavy atom. The van der Waals surface area contributed by atoms with Crippen LogP contribution in [0.4, 0.5) is 11.5 Å². The summed E-state index contributed by atoms with van der Waals surface area (Å²) in [6.45, 7) is 1.05. The van der Waals surface area contributed by atoms with Gasteiger partial charge in [-0.05, 0) is 12.1 Å². The number of thiophene rings is 1. The SMILES string of the molecule is CN(C)c1cnnc(NCCNC(=O)c2ccc(Cl)s2)c1. The molecule has 0 spiro atoms. The standard InChI is InChI=1S/C13H16ClN5OS/c1-19(2)9-7-12(18-17-8-9)15-5-6-16-13(20)10-3-4-11(14)21-10/h3-4,7-8H,5-6H2,1-2H3,(H,15,18)(H,16,20). The number of nitrogens with one attached hydrogen (secondary N) is 2. The maximum atomic E-state index is 11.8. The van der Waals surface area contributed by atoms with Gasteiger partial charge in [0.2, 0.25) is 0 Å². The van der Waals surface area contributed by atoms with E-state index in [1.54, 1.807) is 18.3 Å². The molecule has 0 aromatic carbocycles. The normalized spacial score (nSPS) is 10.2. The molecule has 21 heavy (non-hydrogen) atoms. The van der Waals surface area contributed by atoms with Crippen LogP contribution in [0.5, 0.6) is 0 Å². The summed E-state index contributed by atoms with van der Waals surface area (Å²) in [6.07, 6.45) is 1.69. The maximum Gasteiger partial charge on any atom is 0.261 e. The molecule has 0 aliphatic heterocycles. The zero-order valence-electron chi connectivity index (χ0n) is 11.8. The summed E-state index contributed by atoms with van der Waals surface area (Å²) in [7, 11) is 3.88. The first-order chi connectivity index (χ1) is 10.1. The first-order valence-corrected chi connectivity index (χ1v) is 7.53. The van der Waals surface area contributed by atoms with Crippen molar-refractivity contribution in [1.82, 2.24) is 15.5 Å². The van der Waals surface area contributed by atoms with Gasteiger partial charge in [0.05, 0.1) is 21.1 Å². The molecule has 0 fully saturated rings. The molecule has 6 nitrogen and oxygen atoms in total. The number of rotatable bonds is 6. The molecule has 0 saturated carbocycles. The quantitative estimate of drug-likeness (QED) is 0.796. The molecule has 2 aromatic heterocycles. The predicted octanol–water partition coefficient (Wildman–Crippen LogP) is 2.10. The number of hydrogen-bond donors (Lipinski definition) is 2. The van der Waals surface area contributed by atoms with Crippen LogP contribution >= 0.6 is 22.9 Å². The van der Waals surface area contributed by atoms with Crippen LogP contribution in [0.15, 0.2) is 24.4 Å². The van der Waals surface area contributed by atoms with Gasteiger partial charge in [0.1, 0.15) is 0 Å². The number of hydrogen-bond acceptors (Lipinski definition) is 6. The number of amides is 1. The Morgan fingerprint density at radius 2 is 2.19 bits per heavy atom. The lowest BCUT2D eigenvalue weighted by molar-refractivity contribution is 0.0959. The molecule has 2 aromatic rings. The Kier molecular flexibility index (Phi) is 5.35. The fourth-order valence-corrected chi connectivity index (χ4v) is 2.54. The van der Waals surface area contributed by atoms with Crippen LogP contribution in [-0.2, 0) is 0 Å². The lowest BCUT2D eigenvalue weighted by atomic mass is 10.4. The van der Waals surface area contributed by atoms with E-state index in [4.69, 9.17) is 11.6 Å². The van der Waals surface area contributed by atoms with Crippen molar-refractivity contribution >= 4 is 40.4 Å². The van der Waals surface area contributed by atoms with E-state index in [0.29, 0.717) is 28.1 Å². The molecular weight excluding hydrogens is 310 g/mol. The van der Waals surface area contributed by atoms with Crippen LogP contribution in [0.2, 0.25) is 4.34 Å². The zero-order valence-corrected chi connectivity index (χ0v) is 13.3. The summed E-state index contributed by atoms with van der Waals surface area (Å²) < 4.78 is 0.606. The van der Waals surface area contributed by atoms with E-state index in [0.717, 1.165) is 5.69 Å². The van der Waals surface area contributed by atoms with E-state index in [9.17, 15) is 4.79 Å². The van der Waals surface area contributed by atoms with Crippen molar-refractivity contribution in [2.24, 2.45) is 0 Å². The van der Waals surface area contributed by atoms with Gasteiger partial charge in [-0.15, -0.1) is 16.4 Å². The van der Waals surface area contributed by atoms with E-state index >= 15 is 0 Å². The summed E-state index contributed by atoms with van der Waals surface area (Å²) >= 11 is 7.05. The first-order valence-electron chi connectivity index (χ1n) is 6.34. The van der Waals surface area contributed by atoms with Gasteiger partial charge in [-0.1, -0.05) is 11.6 Å². The number of aromatic nitrogens is 2. The maximum absolute atomic E-state index is 11.8. The Morgan fingerprint density at radius 3 is 2.86 bits per heavy atom. The second-order valence-electron chi connectivity index (χ2n) is 4.48. The van der Waals surface area contributed by atoms with E-state index in [1.165, 1.54) is 11.3 Å². The van der Waals surface area contributed by atoms with Crippen LogP contribution in [0.1, 0.15) is 9.67 Å². The monoisotopic (exact) mass is 325 g/mol. The fourth-order valence-electron chi connectivity index (χ4n) is 1.58. The third-order valence-electron chi connectivity index (χ3n) is 2.67.